The number of hydrogen-bond donors (Lipinski definition) is 1. The van der Waals surface area contributed by atoms with Gasteiger partial charge in [0.2, 0.25) is 6.41 Å². The van der Waals surface area contributed by atoms with E-state index in [0.29, 0.717) is 25.8 Å². The molecule has 1 N–H and O–H groups in total. The van der Waals surface area contributed by atoms with Crippen molar-refractivity contribution in [3.05, 3.63) is 0 Å². The van der Waals surface area contributed by atoms with E-state index in [1.807, 2.05) is 6.92 Å². The average molecular weight is 256 g/mol. The monoisotopic (exact) mass is 256 g/mol. The maximum atomic E-state index is 11.6. The van der Waals surface area contributed by atoms with Gasteiger partial charge in [-0.1, -0.05) is 13.8 Å². The highest BCUT2D eigenvalue weighted by molar-refractivity contribution is 5.81. The number of carbonyl (C=O) groups is 2. The Morgan fingerprint density at radius 2 is 1.94 bits per heavy atom. The molecule has 0 spiro atoms. The summed E-state index contributed by atoms with van der Waals surface area (Å²) in [5.41, 5.74) is -0.984. The molecule has 1 aliphatic heterocycles. The van der Waals surface area contributed by atoms with Gasteiger partial charge in [0.25, 0.3) is 0 Å². The lowest BCUT2D eigenvalue weighted by atomic mass is 9.85. The van der Waals surface area contributed by atoms with E-state index >= 15 is 0 Å². The number of rotatable bonds is 7. The molecule has 1 saturated heterocycles. The van der Waals surface area contributed by atoms with E-state index in [9.17, 15) is 14.7 Å². The zero-order valence-electron chi connectivity index (χ0n) is 11.4. The van der Waals surface area contributed by atoms with Crippen LogP contribution in [0.4, 0.5) is 0 Å². The number of piperidine rings is 1. The molecule has 0 aromatic rings. The van der Waals surface area contributed by atoms with Crippen LogP contribution in [0.1, 0.15) is 39.5 Å². The average Bonchev–Trinajstić information content (AvgIpc) is 2.37. The number of likely N-dealkylation sites (tertiary alicyclic amines) is 1. The molecule has 1 heterocycles. The summed E-state index contributed by atoms with van der Waals surface area (Å²) in [7, 11) is 0. The number of nitrogens with zero attached hydrogens (tertiary/aromatic N) is 2. The molecule has 0 aromatic heterocycles. The molecule has 1 aliphatic rings. The third-order valence-corrected chi connectivity index (χ3v) is 3.76. The number of hydrogen-bond acceptors (Lipinski definition) is 3. The van der Waals surface area contributed by atoms with E-state index in [-0.39, 0.29) is 0 Å². The lowest BCUT2D eigenvalue weighted by molar-refractivity contribution is -0.159. The molecule has 0 bridgehead atoms. The van der Waals surface area contributed by atoms with Gasteiger partial charge in [-0.25, -0.2) is 4.79 Å². The van der Waals surface area contributed by atoms with Gasteiger partial charge in [-0.15, -0.1) is 0 Å². The fourth-order valence-electron chi connectivity index (χ4n) is 2.70. The molecule has 5 nitrogen and oxygen atoms in total. The molecular weight excluding hydrogens is 232 g/mol. The minimum atomic E-state index is -0.984. The van der Waals surface area contributed by atoms with Gasteiger partial charge in [-0.3, -0.25) is 4.79 Å². The fraction of sp³-hybridized carbons (Fsp3) is 0.846. The minimum absolute atomic E-state index is 0.517. The molecule has 1 amide bonds. The maximum absolute atomic E-state index is 11.6. The van der Waals surface area contributed by atoms with Crippen LogP contribution in [-0.4, -0.2) is 59.0 Å². The highest BCUT2D eigenvalue weighted by Gasteiger charge is 2.45. The lowest BCUT2D eigenvalue weighted by Gasteiger charge is -2.44. The first-order chi connectivity index (χ1) is 8.60. The topological polar surface area (TPSA) is 60.9 Å². The Bertz CT molecular complexity index is 286. The quantitative estimate of drug-likeness (QED) is 0.695. The van der Waals surface area contributed by atoms with Gasteiger partial charge in [0, 0.05) is 19.6 Å². The van der Waals surface area contributed by atoms with E-state index in [4.69, 9.17) is 0 Å². The van der Waals surface area contributed by atoms with Crippen LogP contribution in [0.5, 0.6) is 0 Å². The molecular formula is C13H24N2O3. The second-order valence-electron chi connectivity index (χ2n) is 4.98. The Labute approximate surface area is 109 Å². The molecule has 0 saturated carbocycles. The Balaban J connectivity index is 2.77. The summed E-state index contributed by atoms with van der Waals surface area (Å²) in [6, 6.07) is 0. The summed E-state index contributed by atoms with van der Waals surface area (Å²) in [6.07, 6.45) is 3.62. The van der Waals surface area contributed by atoms with Crippen LogP contribution in [0.25, 0.3) is 0 Å². The molecule has 18 heavy (non-hydrogen) atoms. The predicted octanol–water partition coefficient (Wildman–Crippen LogP) is 1.18. The van der Waals surface area contributed by atoms with Crippen LogP contribution in [0.2, 0.25) is 0 Å². The van der Waals surface area contributed by atoms with Crippen molar-refractivity contribution >= 4 is 12.4 Å². The highest BCUT2D eigenvalue weighted by Crippen LogP contribution is 2.29. The summed E-state index contributed by atoms with van der Waals surface area (Å²) in [5.74, 6) is -0.862. The molecule has 0 aromatic carbocycles. The molecule has 5 heteroatoms. The molecule has 1 rings (SSSR count). The van der Waals surface area contributed by atoms with Crippen molar-refractivity contribution in [1.82, 2.24) is 9.80 Å². The van der Waals surface area contributed by atoms with Gasteiger partial charge >= 0.3 is 5.97 Å². The van der Waals surface area contributed by atoms with E-state index in [1.54, 1.807) is 0 Å². The first-order valence-corrected chi connectivity index (χ1v) is 6.78. The second kappa shape index (κ2) is 6.73. The van der Waals surface area contributed by atoms with Crippen molar-refractivity contribution in [1.29, 1.82) is 0 Å². The Kier molecular flexibility index (Phi) is 5.59. The molecule has 0 unspecified atom stereocenters. The molecule has 0 radical (unpaired) electrons. The number of carboxylic acids is 1. The smallest absolute Gasteiger partial charge is 0.329 e. The van der Waals surface area contributed by atoms with E-state index in [2.05, 4.69) is 11.8 Å². The van der Waals surface area contributed by atoms with Gasteiger partial charge < -0.3 is 14.9 Å². The first kappa shape index (κ1) is 15.0. The zero-order chi connectivity index (χ0) is 13.6. The highest BCUT2D eigenvalue weighted by atomic mass is 16.4. The summed E-state index contributed by atoms with van der Waals surface area (Å²) < 4.78 is 0. The van der Waals surface area contributed by atoms with Gasteiger partial charge in [-0.05, 0) is 32.2 Å². The van der Waals surface area contributed by atoms with Gasteiger partial charge in [0.1, 0.15) is 5.54 Å². The van der Waals surface area contributed by atoms with Crippen molar-refractivity contribution in [3.8, 4) is 0 Å². The van der Waals surface area contributed by atoms with Crippen LogP contribution in [0.3, 0.4) is 0 Å². The van der Waals surface area contributed by atoms with Crippen LogP contribution in [-0.2, 0) is 9.59 Å². The minimum Gasteiger partial charge on any atom is -0.479 e. The second-order valence-corrected chi connectivity index (χ2v) is 4.98. The van der Waals surface area contributed by atoms with Crippen LogP contribution in [0.15, 0.2) is 0 Å². The Hall–Kier alpha value is -1.10. The number of carboxylic acid groups (broad SMARTS) is 1. The Morgan fingerprint density at radius 3 is 2.33 bits per heavy atom. The zero-order valence-corrected chi connectivity index (χ0v) is 11.4. The normalized spacial score (nSPS) is 19.4. The maximum Gasteiger partial charge on any atom is 0.329 e. The standard InChI is InChI=1S/C13H24N2O3/c1-3-7-14-9-5-13(6-10-14,12(17)18)15(11-16)8-4-2/h11H,3-10H2,1-2H3,(H,17,18). The lowest BCUT2D eigenvalue weighted by Crippen LogP contribution is -2.60. The van der Waals surface area contributed by atoms with Crippen molar-refractivity contribution in [2.45, 2.75) is 45.1 Å². The van der Waals surface area contributed by atoms with Crippen molar-refractivity contribution in [3.63, 3.8) is 0 Å². The molecule has 104 valence electrons. The molecule has 0 atom stereocenters. The van der Waals surface area contributed by atoms with E-state index in [1.165, 1.54) is 4.90 Å². The van der Waals surface area contributed by atoms with Crippen molar-refractivity contribution in [2.75, 3.05) is 26.2 Å². The third-order valence-electron chi connectivity index (χ3n) is 3.76. The summed E-state index contributed by atoms with van der Waals surface area (Å²) in [5, 5.41) is 9.51. The van der Waals surface area contributed by atoms with Crippen LogP contribution >= 0.6 is 0 Å². The van der Waals surface area contributed by atoms with E-state index in [0.717, 1.165) is 32.5 Å². The summed E-state index contributed by atoms with van der Waals surface area (Å²) in [4.78, 5) is 26.5. The van der Waals surface area contributed by atoms with Gasteiger partial charge in [-0.2, -0.15) is 0 Å². The number of amides is 1. The molecule has 0 aliphatic carbocycles. The Morgan fingerprint density at radius 1 is 1.33 bits per heavy atom. The van der Waals surface area contributed by atoms with Crippen LogP contribution in [0, 0.1) is 0 Å². The fourth-order valence-corrected chi connectivity index (χ4v) is 2.70. The van der Waals surface area contributed by atoms with Crippen molar-refractivity contribution < 1.29 is 14.7 Å². The molecule has 1 fully saturated rings. The van der Waals surface area contributed by atoms with Crippen molar-refractivity contribution in [2.24, 2.45) is 0 Å². The van der Waals surface area contributed by atoms with Crippen LogP contribution < -0.4 is 0 Å². The summed E-state index contributed by atoms with van der Waals surface area (Å²) >= 11 is 0. The van der Waals surface area contributed by atoms with Gasteiger partial charge in [0.05, 0.1) is 0 Å². The van der Waals surface area contributed by atoms with Gasteiger partial charge in [0.15, 0.2) is 0 Å². The largest absolute Gasteiger partial charge is 0.479 e. The third kappa shape index (κ3) is 3.02. The SMILES string of the molecule is CCCN1CCC(C(=O)O)(N(C=O)CCC)CC1. The first-order valence-electron chi connectivity index (χ1n) is 6.78. The predicted molar refractivity (Wildman–Crippen MR) is 69.4 cm³/mol. The summed E-state index contributed by atoms with van der Waals surface area (Å²) in [6.45, 7) is 7.11. The number of aliphatic carboxylic acids is 1. The number of carbonyl (C=O) groups excluding carboxylic acids is 1. The van der Waals surface area contributed by atoms with E-state index < -0.39 is 11.5 Å².